The lowest BCUT2D eigenvalue weighted by molar-refractivity contribution is -0.143. The second kappa shape index (κ2) is 54.2. The number of allylic oxidation sites excluding steroid dienone is 2. The monoisotopic (exact) mass is 904 g/mol. The minimum atomic E-state index is -0.666. The van der Waals surface area contributed by atoms with E-state index in [1.807, 2.05) is 0 Å². The SMILES string of the molecule is CCCC/C=C\CCCCCCCC(=O)OCCCCCCCCCCCCCCCCCCCCCC(=O)NC(CO)C(O)CCCCCCCCCCCCCCCCCCC. The molecule has 0 heterocycles. The lowest BCUT2D eigenvalue weighted by Gasteiger charge is -2.22. The summed E-state index contributed by atoms with van der Waals surface area (Å²) in [6.45, 7) is 4.93. The number of amides is 1. The lowest BCUT2D eigenvalue weighted by Crippen LogP contribution is -2.45. The molecule has 0 aromatic heterocycles. The van der Waals surface area contributed by atoms with Gasteiger partial charge in [-0.2, -0.15) is 0 Å². The summed E-state index contributed by atoms with van der Waals surface area (Å²) < 4.78 is 5.45. The first-order chi connectivity index (χ1) is 31.5. The summed E-state index contributed by atoms with van der Waals surface area (Å²) in [6.07, 6.45) is 63.4. The molecule has 0 aliphatic heterocycles. The molecule has 0 saturated heterocycles. The van der Waals surface area contributed by atoms with E-state index in [1.54, 1.807) is 0 Å². The van der Waals surface area contributed by atoms with Crippen molar-refractivity contribution in [3.63, 3.8) is 0 Å². The van der Waals surface area contributed by atoms with Gasteiger partial charge < -0.3 is 20.3 Å². The molecule has 64 heavy (non-hydrogen) atoms. The average molecular weight is 905 g/mol. The van der Waals surface area contributed by atoms with Crippen molar-refractivity contribution in [1.82, 2.24) is 5.32 Å². The second-order valence-electron chi connectivity index (χ2n) is 20.0. The summed E-state index contributed by atoms with van der Waals surface area (Å²) in [5, 5.41) is 23.3. The smallest absolute Gasteiger partial charge is 0.305 e. The zero-order valence-electron chi connectivity index (χ0n) is 43.3. The minimum absolute atomic E-state index is 0.00150. The van der Waals surface area contributed by atoms with Crippen LogP contribution in [0.3, 0.4) is 0 Å². The van der Waals surface area contributed by atoms with Gasteiger partial charge in [-0.3, -0.25) is 9.59 Å². The van der Waals surface area contributed by atoms with Gasteiger partial charge in [-0.25, -0.2) is 0 Å². The number of hydrogen-bond donors (Lipinski definition) is 3. The topological polar surface area (TPSA) is 95.9 Å². The Labute approximate surface area is 399 Å². The molecule has 0 radical (unpaired) electrons. The highest BCUT2D eigenvalue weighted by Gasteiger charge is 2.20. The number of nitrogens with one attached hydrogen (secondary N) is 1. The van der Waals surface area contributed by atoms with Crippen molar-refractivity contribution < 1.29 is 24.5 Å². The molecule has 2 unspecified atom stereocenters. The van der Waals surface area contributed by atoms with Gasteiger partial charge in [0.05, 0.1) is 25.4 Å². The van der Waals surface area contributed by atoms with Crippen LogP contribution >= 0.6 is 0 Å². The van der Waals surface area contributed by atoms with E-state index in [9.17, 15) is 19.8 Å². The van der Waals surface area contributed by atoms with E-state index in [-0.39, 0.29) is 18.5 Å². The molecule has 0 spiro atoms. The fourth-order valence-corrected chi connectivity index (χ4v) is 9.09. The predicted octanol–water partition coefficient (Wildman–Crippen LogP) is 17.7. The molecule has 0 aliphatic carbocycles. The predicted molar refractivity (Wildman–Crippen MR) is 278 cm³/mol. The highest BCUT2D eigenvalue weighted by atomic mass is 16.5. The van der Waals surface area contributed by atoms with Gasteiger partial charge in [0.1, 0.15) is 0 Å². The first kappa shape index (κ1) is 62.6. The summed E-state index contributed by atoms with van der Waals surface area (Å²) in [5.41, 5.74) is 0. The summed E-state index contributed by atoms with van der Waals surface area (Å²) in [5.74, 6) is -0.0369. The van der Waals surface area contributed by atoms with Gasteiger partial charge in [0.2, 0.25) is 5.91 Å². The molecule has 0 bridgehead atoms. The zero-order chi connectivity index (χ0) is 46.5. The number of aliphatic hydroxyl groups excluding tert-OH is 2. The molecule has 6 heteroatoms. The number of unbranched alkanes of at least 4 members (excludes halogenated alkanes) is 41. The molecule has 0 fully saturated rings. The fourth-order valence-electron chi connectivity index (χ4n) is 9.09. The number of hydrogen-bond acceptors (Lipinski definition) is 5. The molecule has 0 saturated carbocycles. The van der Waals surface area contributed by atoms with Crippen LogP contribution in [0.15, 0.2) is 12.2 Å². The number of rotatable bonds is 54. The molecule has 380 valence electrons. The van der Waals surface area contributed by atoms with Gasteiger partial charge >= 0.3 is 5.97 Å². The van der Waals surface area contributed by atoms with Crippen LogP contribution in [0.4, 0.5) is 0 Å². The number of carbonyl (C=O) groups excluding carboxylic acids is 2. The average Bonchev–Trinajstić information content (AvgIpc) is 3.29. The Morgan fingerprint density at radius 1 is 0.422 bits per heavy atom. The standard InChI is InChI=1S/C58H113NO5/c1-3-5-7-9-11-13-15-16-17-21-24-27-31-34-38-42-46-50-56(61)55(54-60)59-57(62)51-47-43-39-35-32-28-25-22-19-18-20-23-26-29-33-37-41-45-49-53-64-58(63)52-48-44-40-36-30-14-12-10-8-6-4-2/h10,12,55-56,60-61H,3-9,11,13-54H2,1-2H3,(H,59,62)/b12-10-. The number of carbonyl (C=O) groups is 2. The Morgan fingerprint density at radius 2 is 0.750 bits per heavy atom. The quantitative estimate of drug-likeness (QED) is 0.0321. The van der Waals surface area contributed by atoms with E-state index in [2.05, 4.69) is 31.3 Å². The Balaban J connectivity index is 3.40. The van der Waals surface area contributed by atoms with Crippen molar-refractivity contribution >= 4 is 11.9 Å². The molecular weight excluding hydrogens is 791 g/mol. The number of esters is 1. The maximum absolute atomic E-state index is 12.5. The Morgan fingerprint density at radius 3 is 1.16 bits per heavy atom. The van der Waals surface area contributed by atoms with Crippen molar-refractivity contribution in [2.45, 2.75) is 334 Å². The third-order valence-electron chi connectivity index (χ3n) is 13.6. The van der Waals surface area contributed by atoms with Crippen molar-refractivity contribution in [1.29, 1.82) is 0 Å². The lowest BCUT2D eigenvalue weighted by atomic mass is 10.0. The number of aliphatic hydroxyl groups is 2. The second-order valence-corrected chi connectivity index (χ2v) is 20.0. The van der Waals surface area contributed by atoms with E-state index in [0.29, 0.717) is 25.9 Å². The molecule has 2 atom stereocenters. The summed E-state index contributed by atoms with van der Waals surface area (Å²) in [4.78, 5) is 24.5. The maximum Gasteiger partial charge on any atom is 0.305 e. The van der Waals surface area contributed by atoms with E-state index in [0.717, 1.165) is 44.9 Å². The van der Waals surface area contributed by atoms with Crippen LogP contribution < -0.4 is 5.32 Å². The van der Waals surface area contributed by atoms with Crippen LogP contribution in [-0.4, -0.2) is 47.4 Å². The van der Waals surface area contributed by atoms with Crippen LogP contribution in [0, 0.1) is 0 Å². The van der Waals surface area contributed by atoms with E-state index in [1.165, 1.54) is 244 Å². The molecule has 0 rings (SSSR count). The first-order valence-electron chi connectivity index (χ1n) is 28.9. The molecule has 3 N–H and O–H groups in total. The van der Waals surface area contributed by atoms with E-state index in [4.69, 9.17) is 4.74 Å². The van der Waals surface area contributed by atoms with Crippen LogP contribution in [0.2, 0.25) is 0 Å². The van der Waals surface area contributed by atoms with Crippen molar-refractivity contribution in [3.05, 3.63) is 12.2 Å². The molecule has 0 aromatic rings. The zero-order valence-corrected chi connectivity index (χ0v) is 43.3. The highest BCUT2D eigenvalue weighted by Crippen LogP contribution is 2.18. The van der Waals surface area contributed by atoms with E-state index >= 15 is 0 Å². The van der Waals surface area contributed by atoms with Gasteiger partial charge in [-0.1, -0.05) is 276 Å². The Hall–Kier alpha value is -1.40. The van der Waals surface area contributed by atoms with Crippen molar-refractivity contribution in [3.8, 4) is 0 Å². The highest BCUT2D eigenvalue weighted by molar-refractivity contribution is 5.76. The van der Waals surface area contributed by atoms with Crippen LogP contribution in [0.5, 0.6) is 0 Å². The largest absolute Gasteiger partial charge is 0.466 e. The third-order valence-corrected chi connectivity index (χ3v) is 13.6. The van der Waals surface area contributed by atoms with Crippen LogP contribution in [-0.2, 0) is 14.3 Å². The summed E-state index contributed by atoms with van der Waals surface area (Å²) in [7, 11) is 0. The van der Waals surface area contributed by atoms with Gasteiger partial charge in [-0.15, -0.1) is 0 Å². The molecule has 0 aromatic carbocycles. The number of ether oxygens (including phenoxy) is 1. The third kappa shape index (κ3) is 50.0. The van der Waals surface area contributed by atoms with Crippen LogP contribution in [0.25, 0.3) is 0 Å². The molecule has 1 amide bonds. The fraction of sp³-hybridized carbons (Fsp3) is 0.931. The molecule has 6 nitrogen and oxygen atoms in total. The minimum Gasteiger partial charge on any atom is -0.466 e. The van der Waals surface area contributed by atoms with Crippen LogP contribution in [0.1, 0.15) is 322 Å². The maximum atomic E-state index is 12.5. The summed E-state index contributed by atoms with van der Waals surface area (Å²) >= 11 is 0. The normalized spacial score (nSPS) is 12.6. The molecule has 0 aliphatic rings. The van der Waals surface area contributed by atoms with Gasteiger partial charge in [-0.05, 0) is 44.9 Å². The Kier molecular flexibility index (Phi) is 53.0. The van der Waals surface area contributed by atoms with E-state index < -0.39 is 12.1 Å². The van der Waals surface area contributed by atoms with Gasteiger partial charge in [0.25, 0.3) is 0 Å². The Bertz CT molecular complexity index is 955. The van der Waals surface area contributed by atoms with Crippen molar-refractivity contribution in [2.24, 2.45) is 0 Å². The summed E-state index contributed by atoms with van der Waals surface area (Å²) in [6, 6.07) is -0.543. The van der Waals surface area contributed by atoms with Gasteiger partial charge in [0, 0.05) is 12.8 Å². The molecular formula is C58H113NO5. The first-order valence-corrected chi connectivity index (χ1v) is 28.9. The van der Waals surface area contributed by atoms with Crippen molar-refractivity contribution in [2.75, 3.05) is 13.2 Å². The van der Waals surface area contributed by atoms with Gasteiger partial charge in [0.15, 0.2) is 0 Å².